The molecule has 0 aliphatic carbocycles. The summed E-state index contributed by atoms with van der Waals surface area (Å²) in [4.78, 5) is 2.48. The summed E-state index contributed by atoms with van der Waals surface area (Å²) >= 11 is 0. The van der Waals surface area contributed by atoms with E-state index in [9.17, 15) is 0 Å². The van der Waals surface area contributed by atoms with Crippen molar-refractivity contribution in [2.45, 2.75) is 52.9 Å². The molecule has 1 rings (SSSR count). The van der Waals surface area contributed by atoms with E-state index in [4.69, 9.17) is 11.1 Å². The Balaban J connectivity index is 2.46. The summed E-state index contributed by atoms with van der Waals surface area (Å²) < 4.78 is 0. The Morgan fingerprint density at radius 1 is 1.10 bits per heavy atom. The SMILES string of the molecule is CCCCN(CCCCC(C)(C)C(=N)N)c1ccccc1. The molecule has 0 unspecified atom stereocenters. The lowest BCUT2D eigenvalue weighted by Gasteiger charge is -2.26. The van der Waals surface area contributed by atoms with E-state index in [2.05, 4.69) is 56.0 Å². The van der Waals surface area contributed by atoms with Crippen molar-refractivity contribution in [2.24, 2.45) is 11.1 Å². The Kier molecular flexibility index (Phi) is 7.27. The molecule has 3 nitrogen and oxygen atoms in total. The number of para-hydroxylation sites is 1. The zero-order valence-corrected chi connectivity index (χ0v) is 13.9. The van der Waals surface area contributed by atoms with E-state index in [1.807, 2.05) is 0 Å². The molecule has 1 aromatic rings. The number of anilines is 1. The van der Waals surface area contributed by atoms with E-state index >= 15 is 0 Å². The lowest BCUT2D eigenvalue weighted by atomic mass is 9.86. The lowest BCUT2D eigenvalue weighted by Crippen LogP contribution is -2.31. The molecule has 0 saturated heterocycles. The number of nitrogens with zero attached hydrogens (tertiary/aromatic N) is 1. The molecule has 0 atom stereocenters. The van der Waals surface area contributed by atoms with Gasteiger partial charge in [0.15, 0.2) is 0 Å². The molecule has 0 heterocycles. The van der Waals surface area contributed by atoms with E-state index in [-0.39, 0.29) is 5.41 Å². The first-order valence-corrected chi connectivity index (χ1v) is 8.12. The van der Waals surface area contributed by atoms with Crippen LogP contribution in [0.15, 0.2) is 30.3 Å². The number of amidine groups is 1. The third-order valence-corrected chi connectivity index (χ3v) is 4.11. The molecule has 0 aromatic heterocycles. The number of nitrogens with one attached hydrogen (secondary N) is 1. The van der Waals surface area contributed by atoms with Crippen LogP contribution in [-0.4, -0.2) is 18.9 Å². The maximum absolute atomic E-state index is 7.61. The molecule has 3 heteroatoms. The smallest absolute Gasteiger partial charge is 0.0963 e. The first kappa shape index (κ1) is 17.5. The van der Waals surface area contributed by atoms with Crippen molar-refractivity contribution in [1.82, 2.24) is 0 Å². The molecule has 0 radical (unpaired) electrons. The number of hydrogen-bond acceptors (Lipinski definition) is 2. The van der Waals surface area contributed by atoms with E-state index in [0.29, 0.717) is 5.84 Å². The van der Waals surface area contributed by atoms with Crippen LogP contribution < -0.4 is 10.6 Å². The van der Waals surface area contributed by atoms with Crippen LogP contribution in [0.25, 0.3) is 0 Å². The maximum atomic E-state index is 7.61. The molecule has 21 heavy (non-hydrogen) atoms. The van der Waals surface area contributed by atoms with Crippen LogP contribution in [0.4, 0.5) is 5.69 Å². The zero-order chi connectivity index (χ0) is 15.7. The minimum Gasteiger partial charge on any atom is -0.387 e. The Morgan fingerprint density at radius 3 is 2.29 bits per heavy atom. The summed E-state index contributed by atoms with van der Waals surface area (Å²) in [5.74, 6) is 0.299. The van der Waals surface area contributed by atoms with Crippen LogP contribution in [0, 0.1) is 10.8 Å². The normalized spacial score (nSPS) is 11.4. The number of benzene rings is 1. The van der Waals surface area contributed by atoms with Gasteiger partial charge in [0.05, 0.1) is 5.84 Å². The van der Waals surface area contributed by atoms with Crippen molar-refractivity contribution in [1.29, 1.82) is 5.41 Å². The van der Waals surface area contributed by atoms with Crippen LogP contribution in [-0.2, 0) is 0 Å². The van der Waals surface area contributed by atoms with Gasteiger partial charge in [-0.3, -0.25) is 5.41 Å². The van der Waals surface area contributed by atoms with Crippen molar-refractivity contribution in [3.8, 4) is 0 Å². The van der Waals surface area contributed by atoms with E-state index in [0.717, 1.165) is 32.4 Å². The third-order valence-electron chi connectivity index (χ3n) is 4.11. The quantitative estimate of drug-likeness (QED) is 0.380. The number of nitrogens with two attached hydrogens (primary N) is 1. The van der Waals surface area contributed by atoms with Gasteiger partial charge < -0.3 is 10.6 Å². The molecular formula is C18H31N3. The minimum absolute atomic E-state index is 0.166. The number of hydrogen-bond donors (Lipinski definition) is 2. The van der Waals surface area contributed by atoms with Crippen molar-refractivity contribution < 1.29 is 0 Å². The predicted octanol–water partition coefficient (Wildman–Crippen LogP) is 4.43. The van der Waals surface area contributed by atoms with Crippen LogP contribution in [0.1, 0.15) is 52.9 Å². The van der Waals surface area contributed by atoms with Gasteiger partial charge in [-0.05, 0) is 31.4 Å². The molecule has 0 bridgehead atoms. The van der Waals surface area contributed by atoms with Gasteiger partial charge in [-0.15, -0.1) is 0 Å². The van der Waals surface area contributed by atoms with E-state index in [1.54, 1.807) is 0 Å². The van der Waals surface area contributed by atoms with Gasteiger partial charge in [0.25, 0.3) is 0 Å². The Morgan fingerprint density at radius 2 is 1.71 bits per heavy atom. The molecular weight excluding hydrogens is 258 g/mol. The predicted molar refractivity (Wildman–Crippen MR) is 93.1 cm³/mol. The summed E-state index contributed by atoms with van der Waals surface area (Å²) in [6, 6.07) is 10.7. The maximum Gasteiger partial charge on any atom is 0.0963 e. The second-order valence-electron chi connectivity index (χ2n) is 6.43. The van der Waals surface area contributed by atoms with Crippen molar-refractivity contribution >= 4 is 11.5 Å². The second-order valence-corrected chi connectivity index (χ2v) is 6.43. The molecule has 1 aromatic carbocycles. The fraction of sp³-hybridized carbons (Fsp3) is 0.611. The van der Waals surface area contributed by atoms with Crippen LogP contribution >= 0.6 is 0 Å². The summed E-state index contributed by atoms with van der Waals surface area (Å²) in [6.07, 6.45) is 5.70. The van der Waals surface area contributed by atoms with Gasteiger partial charge >= 0.3 is 0 Å². The van der Waals surface area contributed by atoms with Crippen LogP contribution in [0.3, 0.4) is 0 Å². The van der Waals surface area contributed by atoms with Crippen molar-refractivity contribution in [3.63, 3.8) is 0 Å². The zero-order valence-electron chi connectivity index (χ0n) is 13.9. The van der Waals surface area contributed by atoms with E-state index in [1.165, 1.54) is 18.5 Å². The highest BCUT2D eigenvalue weighted by Crippen LogP contribution is 2.23. The van der Waals surface area contributed by atoms with Gasteiger partial charge in [0.2, 0.25) is 0 Å². The largest absolute Gasteiger partial charge is 0.387 e. The summed E-state index contributed by atoms with van der Waals surface area (Å²) in [7, 11) is 0. The van der Waals surface area contributed by atoms with Gasteiger partial charge in [0, 0.05) is 24.2 Å². The van der Waals surface area contributed by atoms with E-state index < -0.39 is 0 Å². The molecule has 0 spiro atoms. The minimum atomic E-state index is -0.166. The number of unbranched alkanes of at least 4 members (excludes halogenated alkanes) is 2. The molecule has 0 fully saturated rings. The lowest BCUT2D eigenvalue weighted by molar-refractivity contribution is 0.441. The average molecular weight is 289 g/mol. The first-order valence-electron chi connectivity index (χ1n) is 8.12. The second kappa shape index (κ2) is 8.71. The molecule has 0 amide bonds. The van der Waals surface area contributed by atoms with Crippen LogP contribution in [0.2, 0.25) is 0 Å². The molecule has 3 N–H and O–H groups in total. The van der Waals surface area contributed by atoms with Gasteiger partial charge in [-0.25, -0.2) is 0 Å². The molecule has 0 saturated carbocycles. The molecule has 0 aliphatic heterocycles. The highest BCUT2D eigenvalue weighted by Gasteiger charge is 2.20. The van der Waals surface area contributed by atoms with Crippen molar-refractivity contribution in [3.05, 3.63) is 30.3 Å². The Hall–Kier alpha value is -1.51. The fourth-order valence-corrected chi connectivity index (χ4v) is 2.36. The summed E-state index contributed by atoms with van der Waals surface area (Å²) in [5, 5.41) is 7.61. The van der Waals surface area contributed by atoms with Gasteiger partial charge in [0.1, 0.15) is 0 Å². The third kappa shape index (κ3) is 6.19. The standard InChI is InChI=1S/C18H31N3/c1-4-5-14-21(16-11-7-6-8-12-16)15-10-9-13-18(2,3)17(19)20/h6-8,11-12H,4-5,9-10,13-15H2,1-3H3,(H3,19,20). The summed E-state index contributed by atoms with van der Waals surface area (Å²) in [6.45, 7) is 8.55. The first-order chi connectivity index (χ1) is 9.97. The molecule has 0 aliphatic rings. The topological polar surface area (TPSA) is 53.1 Å². The Bertz CT molecular complexity index is 412. The Labute approximate surface area is 130 Å². The van der Waals surface area contributed by atoms with Crippen molar-refractivity contribution in [2.75, 3.05) is 18.0 Å². The highest BCUT2D eigenvalue weighted by molar-refractivity contribution is 5.82. The summed E-state index contributed by atoms with van der Waals surface area (Å²) in [5.41, 5.74) is 6.79. The highest BCUT2D eigenvalue weighted by atomic mass is 15.1. The molecule has 118 valence electrons. The van der Waals surface area contributed by atoms with Crippen LogP contribution in [0.5, 0.6) is 0 Å². The number of rotatable bonds is 10. The average Bonchev–Trinajstić information content (AvgIpc) is 2.47. The monoisotopic (exact) mass is 289 g/mol. The van der Waals surface area contributed by atoms with Gasteiger partial charge in [-0.2, -0.15) is 0 Å². The van der Waals surface area contributed by atoms with Gasteiger partial charge in [-0.1, -0.05) is 51.8 Å². The fourth-order valence-electron chi connectivity index (χ4n) is 2.36.